The van der Waals surface area contributed by atoms with Crippen LogP contribution in [0.5, 0.6) is 0 Å². The number of hydrogen-bond donors (Lipinski definition) is 2. The van der Waals surface area contributed by atoms with E-state index in [-0.39, 0.29) is 17.2 Å². The highest BCUT2D eigenvalue weighted by atomic mass is 32.1. The Bertz CT molecular complexity index is 905. The van der Waals surface area contributed by atoms with Crippen LogP contribution in [0.1, 0.15) is 33.3 Å². The quantitative estimate of drug-likeness (QED) is 0.721. The maximum absolute atomic E-state index is 12.5. The van der Waals surface area contributed by atoms with E-state index >= 15 is 0 Å². The predicted octanol–water partition coefficient (Wildman–Crippen LogP) is 4.14. The van der Waals surface area contributed by atoms with Crippen molar-refractivity contribution in [2.24, 2.45) is 0 Å². The standard InChI is InChI=1S/C18H17F3N2O4S/c1-9-10(2)28-16(22-11(3)24)15(9)17(26)27-8-14(25)23-13-6-4-12(5-7-13)18(19,20)21/h4-7H,8H2,1-3H3,(H,22,24)(H,23,25). The number of amides is 2. The van der Waals surface area contributed by atoms with Crippen molar-refractivity contribution in [3.63, 3.8) is 0 Å². The van der Waals surface area contributed by atoms with E-state index in [1.165, 1.54) is 18.3 Å². The van der Waals surface area contributed by atoms with Gasteiger partial charge in [-0.05, 0) is 43.7 Å². The lowest BCUT2D eigenvalue weighted by Gasteiger charge is -2.10. The number of aryl methyl sites for hydroxylation is 1. The highest BCUT2D eigenvalue weighted by Crippen LogP contribution is 2.33. The Kier molecular flexibility index (Phi) is 6.45. The molecule has 0 fully saturated rings. The molecule has 0 aliphatic heterocycles. The number of hydrogen-bond acceptors (Lipinski definition) is 5. The third kappa shape index (κ3) is 5.32. The zero-order valence-corrected chi connectivity index (χ0v) is 16.0. The number of rotatable bonds is 5. The number of carbonyl (C=O) groups excluding carboxylic acids is 3. The Balaban J connectivity index is 1.99. The van der Waals surface area contributed by atoms with Crippen LogP contribution in [0, 0.1) is 13.8 Å². The van der Waals surface area contributed by atoms with Crippen LogP contribution in [0.2, 0.25) is 0 Å². The van der Waals surface area contributed by atoms with Gasteiger partial charge in [-0.1, -0.05) is 0 Å². The number of halogens is 3. The van der Waals surface area contributed by atoms with Gasteiger partial charge in [0.1, 0.15) is 5.00 Å². The van der Waals surface area contributed by atoms with Crippen molar-refractivity contribution in [1.82, 2.24) is 0 Å². The number of esters is 1. The molecule has 0 aliphatic carbocycles. The van der Waals surface area contributed by atoms with E-state index in [9.17, 15) is 27.6 Å². The van der Waals surface area contributed by atoms with Gasteiger partial charge in [0.15, 0.2) is 6.61 Å². The van der Waals surface area contributed by atoms with E-state index in [0.717, 1.165) is 29.1 Å². The second-order valence-electron chi connectivity index (χ2n) is 5.87. The average molecular weight is 414 g/mol. The van der Waals surface area contributed by atoms with Crippen molar-refractivity contribution < 1.29 is 32.3 Å². The second kappa shape index (κ2) is 8.42. The summed E-state index contributed by atoms with van der Waals surface area (Å²) in [4.78, 5) is 36.3. The molecule has 0 saturated heterocycles. The number of benzene rings is 1. The Hall–Kier alpha value is -2.88. The zero-order valence-electron chi connectivity index (χ0n) is 15.2. The van der Waals surface area contributed by atoms with E-state index < -0.39 is 30.2 Å². The van der Waals surface area contributed by atoms with Crippen LogP contribution in [0.3, 0.4) is 0 Å². The average Bonchev–Trinajstić information content (AvgIpc) is 2.85. The second-order valence-corrected chi connectivity index (χ2v) is 7.09. The molecule has 0 bridgehead atoms. The smallest absolute Gasteiger partial charge is 0.416 e. The Labute approximate surface area is 162 Å². The Morgan fingerprint density at radius 3 is 2.21 bits per heavy atom. The van der Waals surface area contributed by atoms with Gasteiger partial charge in [-0.3, -0.25) is 9.59 Å². The van der Waals surface area contributed by atoms with E-state index in [4.69, 9.17) is 4.74 Å². The topological polar surface area (TPSA) is 84.5 Å². The maximum Gasteiger partial charge on any atom is 0.416 e. The summed E-state index contributed by atoms with van der Waals surface area (Å²) in [6, 6.07) is 3.87. The lowest BCUT2D eigenvalue weighted by atomic mass is 10.1. The molecular weight excluding hydrogens is 397 g/mol. The van der Waals surface area contributed by atoms with Crippen molar-refractivity contribution in [3.05, 3.63) is 45.8 Å². The highest BCUT2D eigenvalue weighted by Gasteiger charge is 2.30. The molecule has 0 saturated carbocycles. The molecule has 2 rings (SSSR count). The van der Waals surface area contributed by atoms with Gasteiger partial charge in [0.05, 0.1) is 11.1 Å². The largest absolute Gasteiger partial charge is 0.452 e. The summed E-state index contributed by atoms with van der Waals surface area (Å²) in [5.41, 5.74) is 0.0863. The number of thiophene rings is 1. The first kappa shape index (κ1) is 21.4. The van der Waals surface area contributed by atoms with Gasteiger partial charge in [0.2, 0.25) is 5.91 Å². The van der Waals surface area contributed by atoms with Gasteiger partial charge >= 0.3 is 12.1 Å². The van der Waals surface area contributed by atoms with Crippen LogP contribution in [-0.4, -0.2) is 24.4 Å². The number of alkyl halides is 3. The summed E-state index contributed by atoms with van der Waals surface area (Å²) in [6.45, 7) is 4.14. The van der Waals surface area contributed by atoms with Gasteiger partial charge in [0, 0.05) is 17.5 Å². The van der Waals surface area contributed by atoms with Gasteiger partial charge in [0.25, 0.3) is 5.91 Å². The monoisotopic (exact) mass is 414 g/mol. The molecule has 1 heterocycles. The van der Waals surface area contributed by atoms with E-state index in [1.54, 1.807) is 13.8 Å². The highest BCUT2D eigenvalue weighted by molar-refractivity contribution is 7.16. The van der Waals surface area contributed by atoms with Crippen LogP contribution in [0.4, 0.5) is 23.9 Å². The van der Waals surface area contributed by atoms with E-state index in [1.807, 2.05) is 0 Å². The fourth-order valence-electron chi connectivity index (χ4n) is 2.26. The summed E-state index contributed by atoms with van der Waals surface area (Å²) >= 11 is 1.21. The first-order valence-electron chi connectivity index (χ1n) is 8.01. The van der Waals surface area contributed by atoms with Gasteiger partial charge in [-0.25, -0.2) is 4.79 Å². The number of carbonyl (C=O) groups is 3. The normalized spacial score (nSPS) is 11.1. The van der Waals surface area contributed by atoms with Crippen molar-refractivity contribution in [2.45, 2.75) is 26.9 Å². The first-order valence-corrected chi connectivity index (χ1v) is 8.82. The SMILES string of the molecule is CC(=O)Nc1sc(C)c(C)c1C(=O)OCC(=O)Nc1ccc(C(F)(F)F)cc1. The van der Waals surface area contributed by atoms with Crippen LogP contribution in [0.25, 0.3) is 0 Å². The van der Waals surface area contributed by atoms with Crippen LogP contribution >= 0.6 is 11.3 Å². The molecule has 150 valence electrons. The van der Waals surface area contributed by atoms with Gasteiger partial charge in [-0.2, -0.15) is 13.2 Å². The molecule has 0 radical (unpaired) electrons. The molecule has 6 nitrogen and oxygen atoms in total. The fraction of sp³-hybridized carbons (Fsp3) is 0.278. The van der Waals surface area contributed by atoms with Crippen LogP contribution in [-0.2, 0) is 20.5 Å². The number of nitrogens with one attached hydrogen (secondary N) is 2. The predicted molar refractivity (Wildman–Crippen MR) is 98.5 cm³/mol. The molecule has 2 aromatic rings. The third-order valence-electron chi connectivity index (χ3n) is 3.71. The first-order chi connectivity index (χ1) is 13.0. The summed E-state index contributed by atoms with van der Waals surface area (Å²) in [5, 5.41) is 5.22. The molecule has 0 atom stereocenters. The summed E-state index contributed by atoms with van der Waals surface area (Å²) in [7, 11) is 0. The molecule has 2 N–H and O–H groups in total. The Morgan fingerprint density at radius 1 is 1.07 bits per heavy atom. The minimum Gasteiger partial charge on any atom is -0.452 e. The molecule has 2 amide bonds. The summed E-state index contributed by atoms with van der Waals surface area (Å²) in [5.74, 6) is -1.85. The molecule has 1 aromatic carbocycles. The van der Waals surface area contributed by atoms with E-state index in [2.05, 4.69) is 10.6 Å². The minimum absolute atomic E-state index is 0.135. The van der Waals surface area contributed by atoms with Crippen LogP contribution < -0.4 is 10.6 Å². The molecule has 28 heavy (non-hydrogen) atoms. The number of anilines is 2. The third-order valence-corrected chi connectivity index (χ3v) is 4.83. The lowest BCUT2D eigenvalue weighted by molar-refractivity contribution is -0.137. The van der Waals surface area contributed by atoms with Gasteiger partial charge < -0.3 is 15.4 Å². The molecule has 1 aromatic heterocycles. The molecule has 10 heteroatoms. The van der Waals surface area contributed by atoms with Gasteiger partial charge in [-0.15, -0.1) is 11.3 Å². The van der Waals surface area contributed by atoms with Crippen molar-refractivity contribution in [3.8, 4) is 0 Å². The fourth-order valence-corrected chi connectivity index (χ4v) is 3.36. The van der Waals surface area contributed by atoms with Crippen molar-refractivity contribution in [2.75, 3.05) is 17.2 Å². The molecule has 0 aliphatic rings. The Morgan fingerprint density at radius 2 is 1.68 bits per heavy atom. The maximum atomic E-state index is 12.5. The number of ether oxygens (including phenoxy) is 1. The zero-order chi connectivity index (χ0) is 21.1. The molecular formula is C18H17F3N2O4S. The van der Waals surface area contributed by atoms with Crippen molar-refractivity contribution in [1.29, 1.82) is 0 Å². The lowest BCUT2D eigenvalue weighted by Crippen LogP contribution is -2.21. The van der Waals surface area contributed by atoms with E-state index in [0.29, 0.717) is 10.6 Å². The van der Waals surface area contributed by atoms with Crippen LogP contribution in [0.15, 0.2) is 24.3 Å². The molecule has 0 unspecified atom stereocenters. The molecule has 0 spiro atoms. The summed E-state index contributed by atoms with van der Waals surface area (Å²) in [6.07, 6.45) is -4.47. The summed E-state index contributed by atoms with van der Waals surface area (Å²) < 4.78 is 42.6. The minimum atomic E-state index is -4.47. The van der Waals surface area contributed by atoms with Crippen molar-refractivity contribution >= 4 is 39.8 Å².